The summed E-state index contributed by atoms with van der Waals surface area (Å²) in [6, 6.07) is 12.4. The zero-order valence-electron chi connectivity index (χ0n) is 15.2. The summed E-state index contributed by atoms with van der Waals surface area (Å²) < 4.78 is 18.8. The van der Waals surface area contributed by atoms with E-state index in [2.05, 4.69) is 9.88 Å². The Hall–Kier alpha value is -3.19. The molecule has 0 saturated carbocycles. The molecule has 6 nitrogen and oxygen atoms in total. The maximum absolute atomic E-state index is 13.0. The van der Waals surface area contributed by atoms with Crippen molar-refractivity contribution in [2.24, 2.45) is 0 Å². The van der Waals surface area contributed by atoms with Crippen LogP contribution < -0.4 is 0 Å². The molecule has 1 aliphatic rings. The lowest BCUT2D eigenvalue weighted by Crippen LogP contribution is -2.48. The lowest BCUT2D eigenvalue weighted by atomic mass is 10.1. The molecule has 0 radical (unpaired) electrons. The van der Waals surface area contributed by atoms with Gasteiger partial charge in [-0.05, 0) is 48.5 Å². The van der Waals surface area contributed by atoms with Gasteiger partial charge in [-0.25, -0.2) is 9.37 Å². The van der Waals surface area contributed by atoms with E-state index in [1.165, 1.54) is 24.3 Å². The molecule has 0 spiro atoms. The van der Waals surface area contributed by atoms with Gasteiger partial charge in [0, 0.05) is 37.3 Å². The fraction of sp³-hybridized carbons (Fsp3) is 0.238. The van der Waals surface area contributed by atoms with Gasteiger partial charge in [0.1, 0.15) is 11.6 Å². The topological polar surface area (TPSA) is 69.8 Å². The quantitative estimate of drug-likeness (QED) is 0.752. The summed E-state index contributed by atoms with van der Waals surface area (Å²) in [6.07, 6.45) is 1.65. The lowest BCUT2D eigenvalue weighted by Gasteiger charge is -2.34. The fourth-order valence-electron chi connectivity index (χ4n) is 3.22. The molecule has 28 heavy (non-hydrogen) atoms. The second-order valence-corrected chi connectivity index (χ2v) is 6.74. The summed E-state index contributed by atoms with van der Waals surface area (Å²) in [5, 5.41) is 9.35. The number of carbonyl (C=O) groups is 1. The molecule has 1 amide bonds. The maximum Gasteiger partial charge on any atom is 0.253 e. The Morgan fingerprint density at radius 3 is 2.39 bits per heavy atom. The molecule has 0 unspecified atom stereocenters. The molecule has 144 valence electrons. The number of carbonyl (C=O) groups excluding carboxylic acids is 1. The molecule has 4 rings (SSSR count). The molecule has 2 heterocycles. The maximum atomic E-state index is 13.0. The van der Waals surface area contributed by atoms with Crippen molar-refractivity contribution < 1.29 is 18.7 Å². The van der Waals surface area contributed by atoms with Crippen LogP contribution in [0.1, 0.15) is 16.2 Å². The summed E-state index contributed by atoms with van der Waals surface area (Å²) in [7, 11) is 0. The minimum absolute atomic E-state index is 0.0330. The molecule has 0 bridgehead atoms. The first-order valence-electron chi connectivity index (χ1n) is 9.10. The number of rotatable bonds is 4. The van der Waals surface area contributed by atoms with E-state index < -0.39 is 0 Å². The molecular weight excluding hydrogens is 361 g/mol. The van der Waals surface area contributed by atoms with E-state index in [1.807, 2.05) is 4.90 Å². The van der Waals surface area contributed by atoms with Crippen molar-refractivity contribution >= 4 is 5.91 Å². The highest BCUT2D eigenvalue weighted by Gasteiger charge is 2.23. The van der Waals surface area contributed by atoms with E-state index in [4.69, 9.17) is 4.42 Å². The zero-order valence-corrected chi connectivity index (χ0v) is 15.2. The van der Waals surface area contributed by atoms with Crippen LogP contribution in [0.2, 0.25) is 0 Å². The Morgan fingerprint density at radius 2 is 1.71 bits per heavy atom. The third-order valence-corrected chi connectivity index (χ3v) is 4.81. The Labute approximate surface area is 161 Å². The second kappa shape index (κ2) is 7.82. The van der Waals surface area contributed by atoms with Gasteiger partial charge in [0.05, 0.1) is 12.7 Å². The molecule has 1 saturated heterocycles. The summed E-state index contributed by atoms with van der Waals surface area (Å²) in [4.78, 5) is 20.8. The van der Waals surface area contributed by atoms with Gasteiger partial charge in [-0.1, -0.05) is 0 Å². The van der Waals surface area contributed by atoms with Crippen LogP contribution in [-0.2, 0) is 6.54 Å². The number of benzene rings is 2. The van der Waals surface area contributed by atoms with Crippen molar-refractivity contribution in [3.8, 4) is 17.1 Å². The minimum Gasteiger partial charge on any atom is -0.508 e. The van der Waals surface area contributed by atoms with Gasteiger partial charge >= 0.3 is 0 Å². The monoisotopic (exact) mass is 381 g/mol. The van der Waals surface area contributed by atoms with Gasteiger partial charge < -0.3 is 14.4 Å². The average Bonchev–Trinajstić information content (AvgIpc) is 3.18. The standard InChI is InChI=1S/C21H20FN3O3/c22-17-5-1-15(2-6-17)19-13-23-20(28-19)14-24-9-11-25(12-10-24)21(27)16-3-7-18(26)8-4-16/h1-8,13,26H,9-12,14H2. The van der Waals surface area contributed by atoms with Crippen LogP contribution in [-0.4, -0.2) is 52.0 Å². The van der Waals surface area contributed by atoms with Crippen LogP contribution in [0.4, 0.5) is 4.39 Å². The van der Waals surface area contributed by atoms with Crippen LogP contribution in [0.3, 0.4) is 0 Å². The van der Waals surface area contributed by atoms with Crippen LogP contribution in [0, 0.1) is 5.82 Å². The van der Waals surface area contributed by atoms with Crippen LogP contribution in [0.15, 0.2) is 59.1 Å². The largest absolute Gasteiger partial charge is 0.508 e. The molecule has 3 aromatic rings. The number of halogens is 1. The highest BCUT2D eigenvalue weighted by atomic mass is 19.1. The van der Waals surface area contributed by atoms with E-state index in [9.17, 15) is 14.3 Å². The van der Waals surface area contributed by atoms with Crippen molar-refractivity contribution in [1.82, 2.24) is 14.8 Å². The number of hydrogen-bond acceptors (Lipinski definition) is 5. The van der Waals surface area contributed by atoms with Gasteiger partial charge in [0.15, 0.2) is 5.76 Å². The SMILES string of the molecule is O=C(c1ccc(O)cc1)N1CCN(Cc2ncc(-c3ccc(F)cc3)o2)CC1. The predicted octanol–water partition coefficient (Wildman–Crippen LogP) is 3.14. The third-order valence-electron chi connectivity index (χ3n) is 4.81. The van der Waals surface area contributed by atoms with Crippen LogP contribution >= 0.6 is 0 Å². The molecule has 1 aliphatic heterocycles. The molecular formula is C21H20FN3O3. The van der Waals surface area contributed by atoms with Gasteiger partial charge in [-0.15, -0.1) is 0 Å². The number of nitrogens with zero attached hydrogens (tertiary/aromatic N) is 3. The normalized spacial score (nSPS) is 15.0. The van der Waals surface area contributed by atoms with Crippen LogP contribution in [0.25, 0.3) is 11.3 Å². The Balaban J connectivity index is 1.33. The summed E-state index contributed by atoms with van der Waals surface area (Å²) in [5.74, 6) is 1.03. The zero-order chi connectivity index (χ0) is 19.5. The fourth-order valence-corrected chi connectivity index (χ4v) is 3.22. The lowest BCUT2D eigenvalue weighted by molar-refractivity contribution is 0.0618. The van der Waals surface area contributed by atoms with Gasteiger partial charge in [0.2, 0.25) is 5.89 Å². The molecule has 2 aromatic carbocycles. The number of aromatic hydroxyl groups is 1. The molecule has 7 heteroatoms. The molecule has 1 aromatic heterocycles. The Morgan fingerprint density at radius 1 is 1.04 bits per heavy atom. The Kier molecular flexibility index (Phi) is 5.08. The van der Waals surface area contributed by atoms with Crippen molar-refractivity contribution in [1.29, 1.82) is 0 Å². The third kappa shape index (κ3) is 4.04. The number of piperazine rings is 1. The summed E-state index contributed by atoms with van der Waals surface area (Å²) in [6.45, 7) is 3.23. The van der Waals surface area contributed by atoms with E-state index in [1.54, 1.807) is 30.5 Å². The van der Waals surface area contributed by atoms with Crippen molar-refractivity contribution in [3.05, 3.63) is 72.0 Å². The van der Waals surface area contributed by atoms with Gasteiger partial charge in [-0.3, -0.25) is 9.69 Å². The predicted molar refractivity (Wildman–Crippen MR) is 101 cm³/mol. The second-order valence-electron chi connectivity index (χ2n) is 6.74. The molecule has 1 fully saturated rings. The number of hydrogen-bond donors (Lipinski definition) is 1. The van der Waals surface area contributed by atoms with Gasteiger partial charge in [-0.2, -0.15) is 0 Å². The van der Waals surface area contributed by atoms with E-state index in [0.29, 0.717) is 36.8 Å². The number of phenols is 1. The molecule has 1 N–H and O–H groups in total. The summed E-state index contributed by atoms with van der Waals surface area (Å²) >= 11 is 0. The van der Waals surface area contributed by atoms with E-state index >= 15 is 0 Å². The highest BCUT2D eigenvalue weighted by Crippen LogP contribution is 2.21. The van der Waals surface area contributed by atoms with Crippen molar-refractivity contribution in [2.75, 3.05) is 26.2 Å². The smallest absolute Gasteiger partial charge is 0.253 e. The first-order valence-corrected chi connectivity index (χ1v) is 9.10. The first-order chi connectivity index (χ1) is 13.6. The molecule has 0 aliphatic carbocycles. The Bertz CT molecular complexity index is 946. The van der Waals surface area contributed by atoms with E-state index in [-0.39, 0.29) is 17.5 Å². The van der Waals surface area contributed by atoms with Crippen molar-refractivity contribution in [3.63, 3.8) is 0 Å². The average molecular weight is 381 g/mol. The molecule has 0 atom stereocenters. The first kappa shape index (κ1) is 18.2. The number of amides is 1. The number of aromatic nitrogens is 1. The summed E-state index contributed by atoms with van der Waals surface area (Å²) in [5.41, 5.74) is 1.35. The van der Waals surface area contributed by atoms with E-state index in [0.717, 1.165) is 18.7 Å². The number of oxazole rings is 1. The minimum atomic E-state index is -0.289. The van der Waals surface area contributed by atoms with Crippen LogP contribution in [0.5, 0.6) is 5.75 Å². The number of phenolic OH excluding ortho intramolecular Hbond substituents is 1. The highest BCUT2D eigenvalue weighted by molar-refractivity contribution is 5.94. The van der Waals surface area contributed by atoms with Gasteiger partial charge in [0.25, 0.3) is 5.91 Å². The van der Waals surface area contributed by atoms with Crippen molar-refractivity contribution in [2.45, 2.75) is 6.54 Å².